The number of ether oxygens (including phenoxy) is 2. The highest BCUT2D eigenvalue weighted by atomic mass is 16.6. The summed E-state index contributed by atoms with van der Waals surface area (Å²) in [6.07, 6.45) is -0.169. The summed E-state index contributed by atoms with van der Waals surface area (Å²) >= 11 is 0. The van der Waals surface area contributed by atoms with E-state index in [9.17, 15) is 24.3 Å². The van der Waals surface area contributed by atoms with Crippen molar-refractivity contribution < 1.29 is 33.8 Å². The Balaban J connectivity index is 2.49. The second-order valence-electron chi connectivity index (χ2n) is 12.2. The molecular formula is C32H45N3O7. The lowest BCUT2D eigenvalue weighted by molar-refractivity contribution is -0.159. The molecule has 10 nitrogen and oxygen atoms in total. The fraction of sp³-hybridized carbons (Fsp3) is 0.500. The molecule has 0 spiro atoms. The van der Waals surface area contributed by atoms with Crippen molar-refractivity contribution in [2.45, 2.75) is 97.6 Å². The van der Waals surface area contributed by atoms with Crippen molar-refractivity contribution in [1.29, 1.82) is 0 Å². The lowest BCUT2D eigenvalue weighted by Gasteiger charge is -2.37. The van der Waals surface area contributed by atoms with Crippen molar-refractivity contribution in [3.63, 3.8) is 0 Å². The monoisotopic (exact) mass is 583 g/mol. The third kappa shape index (κ3) is 10.7. The van der Waals surface area contributed by atoms with E-state index in [2.05, 4.69) is 10.6 Å². The number of phenolic OH excluding ortho intramolecular Hbond substituents is 1. The van der Waals surface area contributed by atoms with E-state index in [4.69, 9.17) is 9.47 Å². The summed E-state index contributed by atoms with van der Waals surface area (Å²) in [5.41, 5.74) is -0.607. The number of carbonyl (C=O) groups excluding carboxylic acids is 4. The topological polar surface area (TPSA) is 134 Å². The van der Waals surface area contributed by atoms with Gasteiger partial charge in [-0.3, -0.25) is 9.59 Å². The van der Waals surface area contributed by atoms with Gasteiger partial charge in [0.15, 0.2) is 0 Å². The quantitative estimate of drug-likeness (QED) is 0.328. The summed E-state index contributed by atoms with van der Waals surface area (Å²) in [7, 11) is 0. The summed E-state index contributed by atoms with van der Waals surface area (Å²) in [6.45, 7) is 13.5. The number of rotatable bonds is 11. The number of alkyl carbamates (subject to hydrolysis) is 1. The molecule has 0 bridgehead atoms. The Hall–Kier alpha value is -4.08. The molecule has 0 fully saturated rings. The maximum atomic E-state index is 14.1. The predicted octanol–water partition coefficient (Wildman–Crippen LogP) is 4.65. The molecule has 230 valence electrons. The number of phenols is 1. The normalized spacial score (nSPS) is 13.7. The zero-order valence-corrected chi connectivity index (χ0v) is 25.9. The van der Waals surface area contributed by atoms with Gasteiger partial charge in [-0.1, -0.05) is 55.5 Å². The molecule has 10 heteroatoms. The molecule has 0 radical (unpaired) electrons. The zero-order valence-electron chi connectivity index (χ0n) is 25.9. The van der Waals surface area contributed by atoms with E-state index < -0.39 is 59.7 Å². The number of hydrogen-bond acceptors (Lipinski definition) is 7. The Labute approximate surface area is 248 Å². The van der Waals surface area contributed by atoms with Crippen molar-refractivity contribution in [3.8, 4) is 5.75 Å². The number of carbonyl (C=O) groups is 4. The molecule has 0 aromatic heterocycles. The van der Waals surface area contributed by atoms with Gasteiger partial charge in [-0.25, -0.2) is 9.59 Å². The van der Waals surface area contributed by atoms with E-state index in [0.29, 0.717) is 6.42 Å². The van der Waals surface area contributed by atoms with Crippen molar-refractivity contribution in [3.05, 3.63) is 65.7 Å². The Morgan fingerprint density at radius 2 is 1.45 bits per heavy atom. The largest absolute Gasteiger partial charge is 0.508 e. The molecule has 3 amide bonds. The third-order valence-corrected chi connectivity index (χ3v) is 6.18. The van der Waals surface area contributed by atoms with Crippen LogP contribution in [0.25, 0.3) is 0 Å². The molecule has 0 heterocycles. The first kappa shape index (κ1) is 34.1. The van der Waals surface area contributed by atoms with Gasteiger partial charge in [-0.15, -0.1) is 0 Å². The fourth-order valence-corrected chi connectivity index (χ4v) is 4.20. The number of para-hydroxylation sites is 1. The number of hydrogen-bond donors (Lipinski definition) is 3. The average molecular weight is 584 g/mol. The van der Waals surface area contributed by atoms with Crippen LogP contribution in [0.5, 0.6) is 5.75 Å². The number of amides is 3. The van der Waals surface area contributed by atoms with Crippen LogP contribution in [0.2, 0.25) is 0 Å². The minimum atomic E-state index is -1.32. The Morgan fingerprint density at radius 3 is 2.00 bits per heavy atom. The number of aromatic hydroxyl groups is 1. The van der Waals surface area contributed by atoms with Crippen LogP contribution < -0.4 is 10.6 Å². The SMILES string of the molecule is CCC(C)N(C(=O)CNC(=O)OC(C)(C)C)C(C(=O)NC(Cc1ccccc1)C(=O)OC(C)(C)C)c1ccccc1O. The molecule has 0 aliphatic heterocycles. The second kappa shape index (κ2) is 14.7. The van der Waals surface area contributed by atoms with E-state index in [1.807, 2.05) is 37.3 Å². The first-order chi connectivity index (χ1) is 19.5. The molecule has 42 heavy (non-hydrogen) atoms. The van der Waals surface area contributed by atoms with E-state index in [1.165, 1.54) is 11.0 Å². The van der Waals surface area contributed by atoms with Crippen LogP contribution in [0.3, 0.4) is 0 Å². The molecular weight excluding hydrogens is 538 g/mol. The van der Waals surface area contributed by atoms with Crippen LogP contribution in [0.4, 0.5) is 4.79 Å². The molecule has 3 N–H and O–H groups in total. The summed E-state index contributed by atoms with van der Waals surface area (Å²) in [6, 6.07) is 12.5. The molecule has 2 aromatic rings. The summed E-state index contributed by atoms with van der Waals surface area (Å²) in [5, 5.41) is 16.0. The highest BCUT2D eigenvalue weighted by molar-refractivity contribution is 5.93. The molecule has 0 saturated carbocycles. The number of nitrogens with zero attached hydrogens (tertiary/aromatic N) is 1. The van der Waals surface area contributed by atoms with Gasteiger partial charge in [-0.05, 0) is 66.5 Å². The average Bonchev–Trinajstić information content (AvgIpc) is 2.88. The summed E-state index contributed by atoms with van der Waals surface area (Å²) in [4.78, 5) is 54.7. The van der Waals surface area contributed by atoms with Crippen LogP contribution in [0, 0.1) is 0 Å². The van der Waals surface area contributed by atoms with Gasteiger partial charge < -0.3 is 30.1 Å². The third-order valence-electron chi connectivity index (χ3n) is 6.18. The van der Waals surface area contributed by atoms with E-state index >= 15 is 0 Å². The molecule has 0 aliphatic carbocycles. The predicted molar refractivity (Wildman–Crippen MR) is 160 cm³/mol. The Kier molecular flexibility index (Phi) is 11.9. The van der Waals surface area contributed by atoms with Crippen LogP contribution in [-0.2, 0) is 30.3 Å². The van der Waals surface area contributed by atoms with Crippen LogP contribution in [0.15, 0.2) is 54.6 Å². The van der Waals surface area contributed by atoms with Gasteiger partial charge >= 0.3 is 12.1 Å². The lowest BCUT2D eigenvalue weighted by atomic mass is 9.99. The van der Waals surface area contributed by atoms with Gasteiger partial charge in [0.05, 0.1) is 0 Å². The van der Waals surface area contributed by atoms with Crippen molar-refractivity contribution >= 4 is 23.9 Å². The molecule has 3 atom stereocenters. The highest BCUT2D eigenvalue weighted by Crippen LogP contribution is 2.31. The summed E-state index contributed by atoms with van der Waals surface area (Å²) < 4.78 is 10.9. The summed E-state index contributed by atoms with van der Waals surface area (Å²) in [5.74, 6) is -2.09. The van der Waals surface area contributed by atoms with Crippen LogP contribution in [-0.4, -0.2) is 63.7 Å². The number of nitrogens with one attached hydrogen (secondary N) is 2. The maximum absolute atomic E-state index is 14.1. The molecule has 0 aliphatic rings. The fourth-order valence-electron chi connectivity index (χ4n) is 4.20. The van der Waals surface area contributed by atoms with Crippen LogP contribution in [0.1, 0.15) is 79.0 Å². The minimum Gasteiger partial charge on any atom is -0.508 e. The van der Waals surface area contributed by atoms with Gasteiger partial charge in [-0.2, -0.15) is 0 Å². The van der Waals surface area contributed by atoms with Gasteiger partial charge in [0.1, 0.15) is 35.6 Å². The smallest absolute Gasteiger partial charge is 0.408 e. The minimum absolute atomic E-state index is 0.145. The van der Waals surface area contributed by atoms with E-state index in [-0.39, 0.29) is 17.7 Å². The van der Waals surface area contributed by atoms with Gasteiger partial charge in [0.25, 0.3) is 0 Å². The van der Waals surface area contributed by atoms with E-state index in [0.717, 1.165) is 5.56 Å². The molecule has 2 aromatic carbocycles. The maximum Gasteiger partial charge on any atom is 0.408 e. The first-order valence-electron chi connectivity index (χ1n) is 14.2. The first-order valence-corrected chi connectivity index (χ1v) is 14.2. The second-order valence-corrected chi connectivity index (χ2v) is 12.2. The van der Waals surface area contributed by atoms with Gasteiger partial charge in [0, 0.05) is 18.0 Å². The van der Waals surface area contributed by atoms with Gasteiger partial charge in [0.2, 0.25) is 11.8 Å². The van der Waals surface area contributed by atoms with Crippen molar-refractivity contribution in [2.75, 3.05) is 6.54 Å². The lowest BCUT2D eigenvalue weighted by Crippen LogP contribution is -2.54. The van der Waals surface area contributed by atoms with Crippen molar-refractivity contribution in [1.82, 2.24) is 15.5 Å². The Morgan fingerprint density at radius 1 is 0.881 bits per heavy atom. The van der Waals surface area contributed by atoms with Crippen molar-refractivity contribution in [2.24, 2.45) is 0 Å². The molecule has 3 unspecified atom stereocenters. The number of benzene rings is 2. The standard InChI is InChI=1S/C32H45N3O7/c1-9-21(2)35(26(37)20-33-30(40)42-32(6,7)8)27(23-17-13-14-18-25(23)36)28(38)34-24(29(39)41-31(3,4)5)19-22-15-11-10-12-16-22/h10-18,21,24,27,36H,9,19-20H2,1-8H3,(H,33,40)(H,34,38). The van der Waals surface area contributed by atoms with Crippen LogP contribution >= 0.6 is 0 Å². The molecule has 0 saturated heterocycles. The van der Waals surface area contributed by atoms with E-state index in [1.54, 1.807) is 66.7 Å². The zero-order chi connectivity index (χ0) is 31.7. The number of esters is 1. The molecule has 2 rings (SSSR count). The highest BCUT2D eigenvalue weighted by Gasteiger charge is 2.38. The Bertz CT molecular complexity index is 1220.